The Bertz CT molecular complexity index is 953. The van der Waals surface area contributed by atoms with E-state index in [1.807, 2.05) is 12.1 Å². The molecule has 0 bridgehead atoms. The van der Waals surface area contributed by atoms with Crippen LogP contribution in [0.5, 0.6) is 5.75 Å². The van der Waals surface area contributed by atoms with Crippen molar-refractivity contribution in [3.8, 4) is 5.75 Å². The highest BCUT2D eigenvalue weighted by Gasteiger charge is 2.31. The largest absolute Gasteiger partial charge is 0.508 e. The molecule has 1 aliphatic heterocycles. The lowest BCUT2D eigenvalue weighted by Gasteiger charge is -2.32. The number of benzene rings is 2. The van der Waals surface area contributed by atoms with E-state index < -0.39 is 0 Å². The van der Waals surface area contributed by atoms with Gasteiger partial charge in [0.25, 0.3) is 0 Å². The van der Waals surface area contributed by atoms with Gasteiger partial charge in [0, 0.05) is 35.8 Å². The van der Waals surface area contributed by atoms with Crippen LogP contribution < -0.4 is 5.32 Å². The van der Waals surface area contributed by atoms with Gasteiger partial charge in [-0.3, -0.25) is 9.59 Å². The molecule has 0 saturated carbocycles. The Hall–Kier alpha value is -2.79. The molecule has 0 radical (unpaired) electrons. The average Bonchev–Trinajstić information content (AvgIpc) is 3.12. The number of anilines is 1. The van der Waals surface area contributed by atoms with Gasteiger partial charge in [0.1, 0.15) is 5.75 Å². The zero-order valence-corrected chi connectivity index (χ0v) is 16.1. The summed E-state index contributed by atoms with van der Waals surface area (Å²) < 4.78 is 0. The molecule has 2 N–H and O–H groups in total. The molecule has 4 rings (SSSR count). The van der Waals surface area contributed by atoms with Crippen molar-refractivity contribution in [2.75, 3.05) is 18.4 Å². The summed E-state index contributed by atoms with van der Waals surface area (Å²) in [7, 11) is 0. The molecule has 28 heavy (non-hydrogen) atoms. The lowest BCUT2D eigenvalue weighted by atomic mass is 9.96. The van der Waals surface area contributed by atoms with Crippen LogP contribution in [0, 0.1) is 5.92 Å². The molecule has 6 heteroatoms. The van der Waals surface area contributed by atoms with E-state index in [-0.39, 0.29) is 23.5 Å². The van der Waals surface area contributed by atoms with Gasteiger partial charge in [-0.15, -0.1) is 0 Å². The molecular formula is C22H21ClN2O3. The molecule has 1 fully saturated rings. The number of phenols is 1. The molecule has 1 atom stereocenters. The van der Waals surface area contributed by atoms with Crippen molar-refractivity contribution in [2.45, 2.75) is 19.3 Å². The van der Waals surface area contributed by atoms with Gasteiger partial charge >= 0.3 is 0 Å². The van der Waals surface area contributed by atoms with Crippen molar-refractivity contribution in [2.24, 2.45) is 5.92 Å². The van der Waals surface area contributed by atoms with Crippen LogP contribution >= 0.6 is 11.6 Å². The standard InChI is InChI=1S/C22H21ClN2O3/c23-18-4-6-19(7-5-18)24-21(27)15-2-1-9-25(13-15)22(28)17-10-14-3-8-20(26)12-16(14)11-17/h3-8,11-12,15,26H,1-2,9-10,13H2,(H,24,27). The molecule has 1 heterocycles. The van der Waals surface area contributed by atoms with Gasteiger partial charge in [-0.25, -0.2) is 0 Å². The Balaban J connectivity index is 1.41. The number of phenolic OH excluding ortho intramolecular Hbond substituents is 1. The minimum absolute atomic E-state index is 0.0281. The molecule has 1 unspecified atom stereocenters. The average molecular weight is 397 g/mol. The van der Waals surface area contributed by atoms with E-state index in [4.69, 9.17) is 11.6 Å². The molecule has 0 aromatic heterocycles. The zero-order valence-electron chi connectivity index (χ0n) is 15.3. The third kappa shape index (κ3) is 3.90. The third-order valence-corrected chi connectivity index (χ3v) is 5.56. The molecule has 2 aromatic rings. The number of hydrogen-bond donors (Lipinski definition) is 2. The van der Waals surface area contributed by atoms with E-state index in [1.165, 1.54) is 0 Å². The van der Waals surface area contributed by atoms with Crippen LogP contribution in [-0.4, -0.2) is 34.9 Å². The Morgan fingerprint density at radius 1 is 1.14 bits per heavy atom. The first-order chi connectivity index (χ1) is 13.5. The van der Waals surface area contributed by atoms with Crippen LogP contribution in [0.1, 0.15) is 24.0 Å². The smallest absolute Gasteiger partial charge is 0.250 e. The van der Waals surface area contributed by atoms with E-state index in [0.29, 0.717) is 35.8 Å². The summed E-state index contributed by atoms with van der Waals surface area (Å²) in [5.41, 5.74) is 3.33. The predicted octanol–water partition coefficient (Wildman–Crippen LogP) is 3.86. The molecule has 1 saturated heterocycles. The monoisotopic (exact) mass is 396 g/mol. The van der Waals surface area contributed by atoms with Gasteiger partial charge < -0.3 is 15.3 Å². The SMILES string of the molecule is O=C(Nc1ccc(Cl)cc1)C1CCCN(C(=O)C2=Cc3cc(O)ccc3C2)C1. The maximum atomic E-state index is 13.0. The number of nitrogens with one attached hydrogen (secondary N) is 1. The van der Waals surface area contributed by atoms with E-state index in [1.54, 1.807) is 41.3 Å². The summed E-state index contributed by atoms with van der Waals surface area (Å²) in [5, 5.41) is 13.2. The van der Waals surface area contributed by atoms with Crippen molar-refractivity contribution >= 4 is 35.2 Å². The minimum Gasteiger partial charge on any atom is -0.508 e. The van der Waals surface area contributed by atoms with Gasteiger partial charge in [0.15, 0.2) is 0 Å². The summed E-state index contributed by atoms with van der Waals surface area (Å²) in [6, 6.07) is 12.2. The number of carbonyl (C=O) groups excluding carboxylic acids is 2. The summed E-state index contributed by atoms with van der Waals surface area (Å²) in [6.07, 6.45) is 3.96. The Morgan fingerprint density at radius 2 is 1.93 bits per heavy atom. The lowest BCUT2D eigenvalue weighted by Crippen LogP contribution is -2.44. The number of fused-ring (bicyclic) bond motifs is 1. The molecule has 2 aromatic carbocycles. The summed E-state index contributed by atoms with van der Waals surface area (Å²) >= 11 is 5.88. The number of aromatic hydroxyl groups is 1. The number of piperidine rings is 1. The van der Waals surface area contributed by atoms with Crippen LogP contribution in [0.2, 0.25) is 5.02 Å². The number of hydrogen-bond acceptors (Lipinski definition) is 3. The molecule has 1 aliphatic carbocycles. The van der Waals surface area contributed by atoms with E-state index in [9.17, 15) is 14.7 Å². The molecule has 0 spiro atoms. The van der Waals surface area contributed by atoms with Crippen molar-refractivity contribution in [1.82, 2.24) is 4.90 Å². The number of rotatable bonds is 3. The topological polar surface area (TPSA) is 69.6 Å². The van der Waals surface area contributed by atoms with Crippen LogP contribution in [-0.2, 0) is 16.0 Å². The van der Waals surface area contributed by atoms with Crippen LogP contribution in [0.25, 0.3) is 6.08 Å². The van der Waals surface area contributed by atoms with Crippen LogP contribution in [0.3, 0.4) is 0 Å². The lowest BCUT2D eigenvalue weighted by molar-refractivity contribution is -0.131. The molecular weight excluding hydrogens is 376 g/mol. The quantitative estimate of drug-likeness (QED) is 0.827. The van der Waals surface area contributed by atoms with E-state index in [2.05, 4.69) is 5.32 Å². The number of carbonyl (C=O) groups is 2. The van der Waals surface area contributed by atoms with Gasteiger partial charge in [-0.05, 0) is 66.4 Å². The van der Waals surface area contributed by atoms with E-state index >= 15 is 0 Å². The molecule has 5 nitrogen and oxygen atoms in total. The predicted molar refractivity (Wildman–Crippen MR) is 109 cm³/mol. The van der Waals surface area contributed by atoms with Crippen molar-refractivity contribution in [3.63, 3.8) is 0 Å². The van der Waals surface area contributed by atoms with E-state index in [0.717, 1.165) is 24.0 Å². The van der Waals surface area contributed by atoms with Crippen molar-refractivity contribution in [1.29, 1.82) is 0 Å². The Labute approximate surface area is 168 Å². The highest BCUT2D eigenvalue weighted by atomic mass is 35.5. The normalized spacial score (nSPS) is 18.4. The van der Waals surface area contributed by atoms with Gasteiger partial charge in [0.2, 0.25) is 11.8 Å². The fourth-order valence-electron chi connectivity index (χ4n) is 3.82. The van der Waals surface area contributed by atoms with Crippen molar-refractivity contribution < 1.29 is 14.7 Å². The first-order valence-electron chi connectivity index (χ1n) is 9.38. The maximum absolute atomic E-state index is 13.0. The summed E-state index contributed by atoms with van der Waals surface area (Å²) in [5.74, 6) is -0.143. The van der Waals surface area contributed by atoms with Crippen LogP contribution in [0.15, 0.2) is 48.0 Å². The minimum atomic E-state index is -0.234. The maximum Gasteiger partial charge on any atom is 0.250 e. The zero-order chi connectivity index (χ0) is 19.7. The highest BCUT2D eigenvalue weighted by molar-refractivity contribution is 6.30. The number of amides is 2. The van der Waals surface area contributed by atoms with Crippen LogP contribution in [0.4, 0.5) is 5.69 Å². The first kappa shape index (κ1) is 18.6. The number of nitrogens with zero attached hydrogens (tertiary/aromatic N) is 1. The molecule has 2 amide bonds. The fourth-order valence-corrected chi connectivity index (χ4v) is 3.94. The van der Waals surface area contributed by atoms with Crippen molar-refractivity contribution in [3.05, 3.63) is 64.2 Å². The fraction of sp³-hybridized carbons (Fsp3) is 0.273. The Kier molecular flexibility index (Phi) is 5.09. The van der Waals surface area contributed by atoms with Gasteiger partial charge in [-0.1, -0.05) is 17.7 Å². The van der Waals surface area contributed by atoms with Gasteiger partial charge in [-0.2, -0.15) is 0 Å². The molecule has 2 aliphatic rings. The number of halogens is 1. The Morgan fingerprint density at radius 3 is 2.71 bits per heavy atom. The summed E-state index contributed by atoms with van der Waals surface area (Å²) in [6.45, 7) is 1.07. The second-order valence-electron chi connectivity index (χ2n) is 7.32. The first-order valence-corrected chi connectivity index (χ1v) is 9.75. The second kappa shape index (κ2) is 7.68. The highest BCUT2D eigenvalue weighted by Crippen LogP contribution is 2.30. The molecule has 144 valence electrons. The number of likely N-dealkylation sites (tertiary alicyclic amines) is 1. The third-order valence-electron chi connectivity index (χ3n) is 5.31. The van der Waals surface area contributed by atoms with Gasteiger partial charge in [0.05, 0.1) is 5.92 Å². The second-order valence-corrected chi connectivity index (χ2v) is 7.75. The summed E-state index contributed by atoms with van der Waals surface area (Å²) in [4.78, 5) is 27.4.